The molecule has 0 bridgehead atoms. The van der Waals surface area contributed by atoms with E-state index in [-0.39, 0.29) is 23.4 Å². The van der Waals surface area contributed by atoms with Gasteiger partial charge in [-0.25, -0.2) is 4.79 Å². The smallest absolute Gasteiger partial charge is 0.337 e. The van der Waals surface area contributed by atoms with Gasteiger partial charge in [-0.15, -0.1) is 0 Å². The van der Waals surface area contributed by atoms with E-state index < -0.39 is 0 Å². The van der Waals surface area contributed by atoms with Crippen LogP contribution in [0.2, 0.25) is 0 Å². The summed E-state index contributed by atoms with van der Waals surface area (Å²) in [5.41, 5.74) is 3.16. The lowest BCUT2D eigenvalue weighted by Gasteiger charge is -2.51. The van der Waals surface area contributed by atoms with E-state index in [2.05, 4.69) is 54.2 Å². The Morgan fingerprint density at radius 2 is 2.22 bits per heavy atom. The van der Waals surface area contributed by atoms with Gasteiger partial charge < -0.3 is 19.4 Å². The number of carbonyl (C=O) groups excluding carboxylic acids is 1. The number of aromatic amines is 1. The van der Waals surface area contributed by atoms with E-state index in [1.165, 1.54) is 23.6 Å². The van der Waals surface area contributed by atoms with Gasteiger partial charge in [-0.05, 0) is 37.9 Å². The van der Waals surface area contributed by atoms with Crippen LogP contribution in [-0.2, 0) is 20.7 Å². The molecule has 2 unspecified atom stereocenters. The van der Waals surface area contributed by atoms with Crippen LogP contribution in [0.4, 0.5) is 0 Å². The van der Waals surface area contributed by atoms with Gasteiger partial charge in [-0.3, -0.25) is 0 Å². The highest BCUT2D eigenvalue weighted by Gasteiger charge is 2.50. The number of rotatable bonds is 4. The molecule has 3 heterocycles. The van der Waals surface area contributed by atoms with Crippen molar-refractivity contribution in [3.05, 3.63) is 47.9 Å². The van der Waals surface area contributed by atoms with Crippen molar-refractivity contribution in [1.29, 1.82) is 0 Å². The lowest BCUT2D eigenvalue weighted by molar-refractivity contribution is -0.141. The first-order valence-electron chi connectivity index (χ1n) is 9.74. The Bertz CT molecular complexity index is 871. The molecule has 1 aromatic heterocycles. The Kier molecular flexibility index (Phi) is 4.72. The average Bonchev–Trinajstić information content (AvgIpc) is 3.10. The van der Waals surface area contributed by atoms with Crippen molar-refractivity contribution in [2.24, 2.45) is 11.3 Å². The Morgan fingerprint density at radius 3 is 3.04 bits per heavy atom. The summed E-state index contributed by atoms with van der Waals surface area (Å²) in [5, 5.41) is 1.31. The van der Waals surface area contributed by atoms with Gasteiger partial charge in [0.05, 0.1) is 18.9 Å². The fraction of sp³-hybridized carbons (Fsp3) is 0.500. The number of H-pyrrole nitrogens is 1. The molecular formula is C22H28N2O3. The third kappa shape index (κ3) is 3.14. The Labute approximate surface area is 160 Å². The molecule has 1 N–H and O–H groups in total. The number of nitrogens with zero attached hydrogens (tertiary/aromatic N) is 1. The van der Waals surface area contributed by atoms with Gasteiger partial charge >= 0.3 is 5.97 Å². The number of aromatic nitrogens is 1. The number of likely N-dealkylation sites (tertiary alicyclic amines) is 1. The number of hydrogen-bond acceptors (Lipinski definition) is 4. The fourth-order valence-electron chi connectivity index (χ4n) is 4.76. The van der Waals surface area contributed by atoms with Crippen LogP contribution >= 0.6 is 0 Å². The van der Waals surface area contributed by atoms with E-state index in [9.17, 15) is 4.79 Å². The van der Waals surface area contributed by atoms with Crippen molar-refractivity contribution < 1.29 is 14.3 Å². The van der Waals surface area contributed by atoms with Crippen LogP contribution in [0, 0.1) is 11.3 Å². The van der Waals surface area contributed by atoms with Crippen LogP contribution in [0.25, 0.3) is 10.9 Å². The fourth-order valence-corrected chi connectivity index (χ4v) is 4.76. The predicted molar refractivity (Wildman–Crippen MR) is 105 cm³/mol. The minimum Gasteiger partial charge on any atom is -0.497 e. The summed E-state index contributed by atoms with van der Waals surface area (Å²) in [6.45, 7) is 7.28. The molecule has 0 spiro atoms. The molecule has 0 radical (unpaired) electrons. The van der Waals surface area contributed by atoms with Gasteiger partial charge in [0.1, 0.15) is 6.10 Å². The normalized spacial score (nSPS) is 28.3. The van der Waals surface area contributed by atoms with Crippen LogP contribution in [0.15, 0.2) is 42.3 Å². The quantitative estimate of drug-likeness (QED) is 0.839. The lowest BCUT2D eigenvalue weighted by atomic mass is 9.65. The average molecular weight is 368 g/mol. The molecule has 1 saturated heterocycles. The first kappa shape index (κ1) is 18.1. The van der Waals surface area contributed by atoms with Crippen molar-refractivity contribution >= 4 is 16.9 Å². The standard InChI is InChI=1S/C22H28N2O3/c1-15-22(2)14-24(11-9-19(22)18(13-27-15)21(25)26-3)10-8-16-12-23-20-7-5-4-6-17(16)20/h4-7,12-13,15,19,23H,8-11,14H2,1-3H3/t15?,19-,22?/m1/s1. The maximum Gasteiger partial charge on any atom is 0.337 e. The molecule has 0 aliphatic carbocycles. The molecule has 0 saturated carbocycles. The van der Waals surface area contributed by atoms with E-state index in [4.69, 9.17) is 9.47 Å². The first-order chi connectivity index (χ1) is 13.0. The minimum atomic E-state index is -0.259. The maximum atomic E-state index is 12.2. The summed E-state index contributed by atoms with van der Waals surface area (Å²) >= 11 is 0. The van der Waals surface area contributed by atoms with Gasteiger partial charge in [0.25, 0.3) is 0 Å². The summed E-state index contributed by atoms with van der Waals surface area (Å²) in [6, 6.07) is 8.45. The van der Waals surface area contributed by atoms with Crippen LogP contribution in [-0.4, -0.2) is 48.7 Å². The molecule has 4 rings (SSSR count). The zero-order chi connectivity index (χ0) is 19.0. The summed E-state index contributed by atoms with van der Waals surface area (Å²) in [5.74, 6) is -0.0663. The Morgan fingerprint density at radius 1 is 1.41 bits per heavy atom. The molecule has 5 nitrogen and oxygen atoms in total. The Balaban J connectivity index is 1.47. The number of esters is 1. The largest absolute Gasteiger partial charge is 0.497 e. The number of para-hydroxylation sites is 1. The molecule has 5 heteroatoms. The molecule has 2 aliphatic heterocycles. The molecule has 0 amide bonds. The summed E-state index contributed by atoms with van der Waals surface area (Å²) in [4.78, 5) is 18.0. The topological polar surface area (TPSA) is 54.6 Å². The van der Waals surface area contributed by atoms with Gasteiger partial charge in [0.15, 0.2) is 0 Å². The van der Waals surface area contributed by atoms with E-state index in [1.54, 1.807) is 6.26 Å². The molecular weight excluding hydrogens is 340 g/mol. The number of benzene rings is 1. The third-order valence-electron chi connectivity index (χ3n) is 6.59. The zero-order valence-electron chi connectivity index (χ0n) is 16.3. The first-order valence-corrected chi connectivity index (χ1v) is 9.74. The predicted octanol–water partition coefficient (Wildman–Crippen LogP) is 3.51. The highest BCUT2D eigenvalue weighted by Crippen LogP contribution is 2.46. The van der Waals surface area contributed by atoms with Crippen LogP contribution in [0.1, 0.15) is 25.8 Å². The SMILES string of the molecule is COC(=O)C1=COC(C)C2(C)CN(CCc3c[nH]c4ccccc34)CC[C@H]12. The van der Waals surface area contributed by atoms with Crippen molar-refractivity contribution in [2.75, 3.05) is 26.7 Å². The molecule has 27 heavy (non-hydrogen) atoms. The number of fused-ring (bicyclic) bond motifs is 2. The molecule has 144 valence electrons. The van der Waals surface area contributed by atoms with Gasteiger partial charge in [0.2, 0.25) is 0 Å². The van der Waals surface area contributed by atoms with Crippen LogP contribution in [0.3, 0.4) is 0 Å². The molecule has 2 aliphatic rings. The second kappa shape index (κ2) is 7.04. The van der Waals surface area contributed by atoms with Crippen LogP contribution in [0.5, 0.6) is 0 Å². The van der Waals surface area contributed by atoms with E-state index in [0.29, 0.717) is 5.57 Å². The van der Waals surface area contributed by atoms with E-state index >= 15 is 0 Å². The number of carbonyl (C=O) groups is 1. The van der Waals surface area contributed by atoms with Gasteiger partial charge in [0, 0.05) is 41.5 Å². The van der Waals surface area contributed by atoms with E-state index in [1.807, 2.05) is 0 Å². The summed E-state index contributed by atoms with van der Waals surface area (Å²) in [7, 11) is 1.44. The maximum absolute atomic E-state index is 12.2. The van der Waals surface area contributed by atoms with Crippen LogP contribution < -0.4 is 0 Å². The highest BCUT2D eigenvalue weighted by molar-refractivity contribution is 5.89. The lowest BCUT2D eigenvalue weighted by Crippen LogP contribution is -2.55. The van der Waals surface area contributed by atoms with E-state index in [0.717, 1.165) is 32.5 Å². The second-order valence-electron chi connectivity index (χ2n) is 8.08. The number of methoxy groups -OCH3 is 1. The van der Waals surface area contributed by atoms with Crippen molar-refractivity contribution in [3.8, 4) is 0 Å². The molecule has 1 fully saturated rings. The second-order valence-corrected chi connectivity index (χ2v) is 8.08. The minimum absolute atomic E-state index is 0.0757. The number of nitrogens with one attached hydrogen (secondary N) is 1. The third-order valence-corrected chi connectivity index (χ3v) is 6.59. The molecule has 1 aromatic carbocycles. The van der Waals surface area contributed by atoms with Crippen molar-refractivity contribution in [1.82, 2.24) is 9.88 Å². The number of hydrogen-bond donors (Lipinski definition) is 1. The summed E-state index contributed by atoms with van der Waals surface area (Å²) < 4.78 is 10.8. The van der Waals surface area contributed by atoms with Crippen molar-refractivity contribution in [3.63, 3.8) is 0 Å². The van der Waals surface area contributed by atoms with Gasteiger partial charge in [-0.1, -0.05) is 25.1 Å². The highest BCUT2D eigenvalue weighted by atomic mass is 16.5. The number of ether oxygens (including phenoxy) is 2. The van der Waals surface area contributed by atoms with Gasteiger partial charge in [-0.2, -0.15) is 0 Å². The molecule has 3 atom stereocenters. The molecule has 2 aromatic rings. The van der Waals surface area contributed by atoms with Crippen molar-refractivity contribution in [2.45, 2.75) is 32.8 Å². The zero-order valence-corrected chi connectivity index (χ0v) is 16.3. The monoisotopic (exact) mass is 368 g/mol. The number of piperidine rings is 1. The Hall–Kier alpha value is -2.27. The summed E-state index contributed by atoms with van der Waals surface area (Å²) in [6.07, 6.45) is 5.80.